The Kier molecular flexibility index (Phi) is 4.51. The Bertz CT molecular complexity index is 843. The standard InChI is InChI=1S/C20H23F3N2O/c1-12(2)15-9-13-7-5-6-8-14(13)10-16(15)18(20(21,22)23)25-19(3,4)11-17(26)24-25/h5-10,12,18H,11H2,1-4H3,(H,24,26)/t18-/m0/s1. The summed E-state index contributed by atoms with van der Waals surface area (Å²) in [4.78, 5) is 11.8. The minimum atomic E-state index is -4.53. The Labute approximate surface area is 151 Å². The zero-order valence-corrected chi connectivity index (χ0v) is 15.3. The Morgan fingerprint density at radius 2 is 1.62 bits per heavy atom. The summed E-state index contributed by atoms with van der Waals surface area (Å²) in [5.41, 5.74) is 2.34. The molecule has 140 valence electrons. The average Bonchev–Trinajstić information content (AvgIpc) is 2.77. The summed E-state index contributed by atoms with van der Waals surface area (Å²) < 4.78 is 42.5. The first kappa shape index (κ1) is 18.7. The molecule has 1 fully saturated rings. The third kappa shape index (κ3) is 3.30. The highest BCUT2D eigenvalue weighted by atomic mass is 19.4. The lowest BCUT2D eigenvalue weighted by Crippen LogP contribution is -2.51. The van der Waals surface area contributed by atoms with E-state index in [2.05, 4.69) is 5.43 Å². The zero-order chi connectivity index (χ0) is 19.3. The van der Waals surface area contributed by atoms with Crippen LogP contribution in [0.5, 0.6) is 0 Å². The van der Waals surface area contributed by atoms with Gasteiger partial charge in [-0.05, 0) is 47.7 Å². The number of benzene rings is 2. The minimum absolute atomic E-state index is 0.0319. The Morgan fingerprint density at radius 3 is 2.04 bits per heavy atom. The Balaban J connectivity index is 2.24. The number of hydrogen-bond donors (Lipinski definition) is 1. The van der Waals surface area contributed by atoms with E-state index in [-0.39, 0.29) is 17.9 Å². The van der Waals surface area contributed by atoms with Crippen LogP contribution in [0.3, 0.4) is 0 Å². The van der Waals surface area contributed by atoms with Crippen LogP contribution in [-0.4, -0.2) is 22.6 Å². The maximum atomic E-state index is 14.2. The van der Waals surface area contributed by atoms with E-state index in [0.717, 1.165) is 15.8 Å². The Hall–Kier alpha value is -2.08. The fourth-order valence-electron chi connectivity index (χ4n) is 3.69. The van der Waals surface area contributed by atoms with Gasteiger partial charge < -0.3 is 0 Å². The van der Waals surface area contributed by atoms with Crippen molar-refractivity contribution in [3.63, 3.8) is 0 Å². The normalized spacial score (nSPS) is 19.2. The highest BCUT2D eigenvalue weighted by Gasteiger charge is 2.53. The van der Waals surface area contributed by atoms with Crippen LogP contribution in [0, 0.1) is 0 Å². The predicted octanol–water partition coefficient (Wildman–Crippen LogP) is 5.08. The molecular formula is C20H23F3N2O. The molecular weight excluding hydrogens is 341 g/mol. The fraction of sp³-hybridized carbons (Fsp3) is 0.450. The van der Waals surface area contributed by atoms with E-state index >= 15 is 0 Å². The molecule has 1 saturated heterocycles. The fourth-order valence-corrected chi connectivity index (χ4v) is 3.69. The summed E-state index contributed by atoms with van der Waals surface area (Å²) in [6.45, 7) is 7.07. The number of rotatable bonds is 3. The molecule has 0 aliphatic carbocycles. The third-order valence-electron chi connectivity index (χ3n) is 4.93. The van der Waals surface area contributed by atoms with Crippen molar-refractivity contribution in [2.75, 3.05) is 0 Å². The first-order chi connectivity index (χ1) is 12.0. The summed E-state index contributed by atoms with van der Waals surface area (Å²) >= 11 is 0. The molecule has 1 atom stereocenters. The van der Waals surface area contributed by atoms with Gasteiger partial charge in [0.25, 0.3) is 0 Å². The summed E-state index contributed by atoms with van der Waals surface area (Å²) in [5.74, 6) is -0.475. The topological polar surface area (TPSA) is 32.3 Å². The first-order valence-corrected chi connectivity index (χ1v) is 8.69. The minimum Gasteiger partial charge on any atom is -0.287 e. The molecule has 3 nitrogen and oxygen atoms in total. The second kappa shape index (κ2) is 6.27. The summed E-state index contributed by atoms with van der Waals surface area (Å²) in [6.07, 6.45) is -4.49. The van der Waals surface area contributed by atoms with E-state index in [9.17, 15) is 18.0 Å². The highest BCUT2D eigenvalue weighted by molar-refractivity contribution is 5.84. The number of nitrogens with one attached hydrogen (secondary N) is 1. The van der Waals surface area contributed by atoms with Crippen LogP contribution in [-0.2, 0) is 4.79 Å². The van der Waals surface area contributed by atoms with Crippen molar-refractivity contribution in [3.05, 3.63) is 47.5 Å². The maximum absolute atomic E-state index is 14.2. The van der Waals surface area contributed by atoms with E-state index in [1.165, 1.54) is 0 Å². The molecule has 1 N–H and O–H groups in total. The molecule has 1 aliphatic heterocycles. The van der Waals surface area contributed by atoms with E-state index in [1.54, 1.807) is 19.9 Å². The van der Waals surface area contributed by atoms with Gasteiger partial charge >= 0.3 is 6.18 Å². The van der Waals surface area contributed by atoms with Crippen molar-refractivity contribution in [3.8, 4) is 0 Å². The molecule has 2 aromatic carbocycles. The molecule has 2 aromatic rings. The van der Waals surface area contributed by atoms with Crippen molar-refractivity contribution in [2.24, 2.45) is 0 Å². The summed E-state index contributed by atoms with van der Waals surface area (Å²) in [5, 5.41) is 2.74. The molecule has 0 spiro atoms. The SMILES string of the molecule is CC(C)c1cc2ccccc2cc1[C@H](N1NC(=O)CC1(C)C)C(F)(F)F. The van der Waals surface area contributed by atoms with Crippen molar-refractivity contribution in [1.82, 2.24) is 10.4 Å². The predicted molar refractivity (Wildman–Crippen MR) is 95.5 cm³/mol. The molecule has 3 rings (SSSR count). The van der Waals surface area contributed by atoms with Crippen LogP contribution in [0.25, 0.3) is 10.8 Å². The van der Waals surface area contributed by atoms with Gasteiger partial charge in [-0.2, -0.15) is 18.2 Å². The van der Waals surface area contributed by atoms with Crippen molar-refractivity contribution >= 4 is 16.7 Å². The molecule has 26 heavy (non-hydrogen) atoms. The van der Waals surface area contributed by atoms with E-state index in [1.807, 2.05) is 44.2 Å². The molecule has 6 heteroatoms. The van der Waals surface area contributed by atoms with Crippen LogP contribution in [0.2, 0.25) is 0 Å². The molecule has 1 heterocycles. The molecule has 0 bridgehead atoms. The second-order valence-corrected chi connectivity index (χ2v) is 7.82. The van der Waals surface area contributed by atoms with Crippen LogP contribution in [0.4, 0.5) is 13.2 Å². The lowest BCUT2D eigenvalue weighted by Gasteiger charge is -2.39. The number of amides is 1. The number of fused-ring (bicyclic) bond motifs is 1. The molecule has 0 radical (unpaired) electrons. The lowest BCUT2D eigenvalue weighted by atomic mass is 9.88. The Morgan fingerprint density at radius 1 is 1.08 bits per heavy atom. The number of alkyl halides is 3. The summed E-state index contributed by atoms with van der Waals surface area (Å²) in [7, 11) is 0. The van der Waals surface area contributed by atoms with Gasteiger partial charge in [0.15, 0.2) is 6.04 Å². The van der Waals surface area contributed by atoms with Gasteiger partial charge in [-0.3, -0.25) is 10.2 Å². The zero-order valence-electron chi connectivity index (χ0n) is 15.3. The number of halogens is 3. The van der Waals surface area contributed by atoms with Gasteiger partial charge in [-0.15, -0.1) is 0 Å². The highest BCUT2D eigenvalue weighted by Crippen LogP contribution is 2.45. The molecule has 0 unspecified atom stereocenters. The molecule has 0 aromatic heterocycles. The van der Waals surface area contributed by atoms with Crippen LogP contribution in [0.15, 0.2) is 36.4 Å². The van der Waals surface area contributed by atoms with Crippen LogP contribution in [0.1, 0.15) is 57.2 Å². The van der Waals surface area contributed by atoms with Crippen LogP contribution < -0.4 is 5.43 Å². The maximum Gasteiger partial charge on any atom is 0.409 e. The van der Waals surface area contributed by atoms with Gasteiger partial charge in [0.1, 0.15) is 0 Å². The number of hydrogen-bond acceptors (Lipinski definition) is 2. The largest absolute Gasteiger partial charge is 0.409 e. The molecule has 0 saturated carbocycles. The van der Waals surface area contributed by atoms with Crippen molar-refractivity contribution in [2.45, 2.75) is 57.8 Å². The smallest absolute Gasteiger partial charge is 0.287 e. The second-order valence-electron chi connectivity index (χ2n) is 7.82. The summed E-state index contributed by atoms with van der Waals surface area (Å²) in [6, 6.07) is 8.94. The van der Waals surface area contributed by atoms with E-state index in [0.29, 0.717) is 5.56 Å². The quantitative estimate of drug-likeness (QED) is 0.823. The number of carbonyl (C=O) groups excluding carboxylic acids is 1. The van der Waals surface area contributed by atoms with Gasteiger partial charge in [0.05, 0.1) is 0 Å². The number of carbonyl (C=O) groups is 1. The average molecular weight is 364 g/mol. The lowest BCUT2D eigenvalue weighted by molar-refractivity contribution is -0.204. The molecule has 1 aliphatic rings. The number of nitrogens with zero attached hydrogens (tertiary/aromatic N) is 1. The van der Waals surface area contributed by atoms with Gasteiger partial charge in [0.2, 0.25) is 5.91 Å². The third-order valence-corrected chi connectivity index (χ3v) is 4.93. The first-order valence-electron chi connectivity index (χ1n) is 8.69. The van der Waals surface area contributed by atoms with Gasteiger partial charge in [-0.1, -0.05) is 44.2 Å². The monoisotopic (exact) mass is 364 g/mol. The molecule has 1 amide bonds. The van der Waals surface area contributed by atoms with Gasteiger partial charge in [-0.25, -0.2) is 0 Å². The van der Waals surface area contributed by atoms with Gasteiger partial charge in [0, 0.05) is 12.0 Å². The number of hydrazine groups is 1. The van der Waals surface area contributed by atoms with E-state index in [4.69, 9.17) is 0 Å². The van der Waals surface area contributed by atoms with Crippen molar-refractivity contribution < 1.29 is 18.0 Å². The van der Waals surface area contributed by atoms with Crippen molar-refractivity contribution in [1.29, 1.82) is 0 Å². The van der Waals surface area contributed by atoms with E-state index < -0.39 is 23.7 Å². The van der Waals surface area contributed by atoms with Crippen LogP contribution >= 0.6 is 0 Å².